The van der Waals surface area contributed by atoms with Crippen molar-refractivity contribution in [1.82, 2.24) is 19.6 Å². The third kappa shape index (κ3) is 3.64. The zero-order valence-corrected chi connectivity index (χ0v) is 17.7. The van der Waals surface area contributed by atoms with Crippen LogP contribution in [0.5, 0.6) is 0 Å². The molecule has 5 rings (SSSR count). The van der Waals surface area contributed by atoms with E-state index >= 15 is 0 Å². The summed E-state index contributed by atoms with van der Waals surface area (Å²) in [5, 5.41) is 8.89. The lowest BCUT2D eigenvalue weighted by Gasteiger charge is -2.21. The summed E-state index contributed by atoms with van der Waals surface area (Å²) < 4.78 is 54.5. The standard InChI is InChI=1S/C23H14ClF4N5/c1-32(20-16-7-2-3-8-19(16)33-21(24)30-31-22(33)29-20)15-6-4-5-13(11-15)14-9-10-17(18(25)12-14)23(26,27)28/h2-12H,1H3. The fraction of sp³-hybridized carbons (Fsp3) is 0.0870. The summed E-state index contributed by atoms with van der Waals surface area (Å²) in [5.74, 6) is -0.417. The van der Waals surface area contributed by atoms with Crippen molar-refractivity contribution in [3.05, 3.63) is 83.4 Å². The van der Waals surface area contributed by atoms with E-state index in [0.717, 1.165) is 23.0 Å². The van der Waals surface area contributed by atoms with E-state index in [2.05, 4.69) is 15.2 Å². The van der Waals surface area contributed by atoms with Gasteiger partial charge >= 0.3 is 6.18 Å². The summed E-state index contributed by atoms with van der Waals surface area (Å²) in [6.07, 6.45) is -4.75. The van der Waals surface area contributed by atoms with Crippen LogP contribution in [0.3, 0.4) is 0 Å². The Hall–Kier alpha value is -3.72. The summed E-state index contributed by atoms with van der Waals surface area (Å²) in [4.78, 5) is 6.42. The molecule has 0 unspecified atom stereocenters. The van der Waals surface area contributed by atoms with Gasteiger partial charge in [-0.1, -0.05) is 30.3 Å². The summed E-state index contributed by atoms with van der Waals surface area (Å²) in [6.45, 7) is 0. The average Bonchev–Trinajstić information content (AvgIpc) is 3.18. The van der Waals surface area contributed by atoms with Gasteiger partial charge < -0.3 is 4.90 Å². The normalized spacial score (nSPS) is 11.9. The molecule has 0 radical (unpaired) electrons. The van der Waals surface area contributed by atoms with Gasteiger partial charge in [-0.15, -0.1) is 10.2 Å². The number of anilines is 2. The highest BCUT2D eigenvalue weighted by Crippen LogP contribution is 2.36. The number of fused-ring (bicyclic) bond motifs is 3. The third-order valence-electron chi connectivity index (χ3n) is 5.36. The Kier molecular flexibility index (Phi) is 4.93. The Morgan fingerprint density at radius 3 is 2.42 bits per heavy atom. The topological polar surface area (TPSA) is 46.3 Å². The molecule has 0 aliphatic carbocycles. The molecule has 0 bridgehead atoms. The molecule has 5 aromatic rings. The number of halogens is 5. The molecule has 0 aliphatic rings. The van der Waals surface area contributed by atoms with Gasteiger partial charge in [0.15, 0.2) is 0 Å². The van der Waals surface area contributed by atoms with Crippen LogP contribution in [0, 0.1) is 5.82 Å². The molecule has 10 heteroatoms. The summed E-state index contributed by atoms with van der Waals surface area (Å²) in [7, 11) is 1.80. The van der Waals surface area contributed by atoms with Gasteiger partial charge in [0.25, 0.3) is 5.78 Å². The molecule has 0 atom stereocenters. The molecular formula is C23H14ClF4N5. The second-order valence-electron chi connectivity index (χ2n) is 7.36. The quantitative estimate of drug-likeness (QED) is 0.281. The first-order chi connectivity index (χ1) is 15.7. The Morgan fingerprint density at radius 1 is 0.909 bits per heavy atom. The molecular weight excluding hydrogens is 458 g/mol. The van der Waals surface area contributed by atoms with E-state index < -0.39 is 17.6 Å². The van der Waals surface area contributed by atoms with Crippen LogP contribution in [-0.2, 0) is 6.18 Å². The smallest absolute Gasteiger partial charge is 0.329 e. The zero-order valence-electron chi connectivity index (χ0n) is 17.0. The van der Waals surface area contributed by atoms with E-state index in [0.29, 0.717) is 28.4 Å². The third-order valence-corrected chi connectivity index (χ3v) is 5.60. The highest BCUT2D eigenvalue weighted by atomic mass is 35.5. The van der Waals surface area contributed by atoms with Gasteiger partial charge in [0.1, 0.15) is 11.6 Å². The van der Waals surface area contributed by atoms with Crippen molar-refractivity contribution in [2.75, 3.05) is 11.9 Å². The fourth-order valence-corrected chi connectivity index (χ4v) is 3.95. The van der Waals surface area contributed by atoms with Crippen molar-refractivity contribution in [1.29, 1.82) is 0 Å². The van der Waals surface area contributed by atoms with Crippen LogP contribution in [-0.4, -0.2) is 26.6 Å². The van der Waals surface area contributed by atoms with E-state index in [4.69, 9.17) is 11.6 Å². The monoisotopic (exact) mass is 471 g/mol. The maximum Gasteiger partial charge on any atom is 0.419 e. The predicted octanol–water partition coefficient (Wildman–Crippen LogP) is 6.52. The van der Waals surface area contributed by atoms with Crippen LogP contribution in [0.4, 0.5) is 29.1 Å². The molecule has 0 amide bonds. The van der Waals surface area contributed by atoms with Crippen molar-refractivity contribution in [2.24, 2.45) is 0 Å². The molecule has 2 heterocycles. The van der Waals surface area contributed by atoms with Crippen molar-refractivity contribution in [2.45, 2.75) is 6.18 Å². The van der Waals surface area contributed by atoms with Gasteiger partial charge in [-0.2, -0.15) is 18.2 Å². The SMILES string of the molecule is CN(c1cccc(-c2ccc(C(F)(F)F)c(F)c2)c1)c1nc2nnc(Cl)n2c2ccccc12. The van der Waals surface area contributed by atoms with Gasteiger partial charge in [-0.3, -0.25) is 0 Å². The van der Waals surface area contributed by atoms with Crippen LogP contribution in [0.15, 0.2) is 66.7 Å². The predicted molar refractivity (Wildman–Crippen MR) is 118 cm³/mol. The zero-order chi connectivity index (χ0) is 23.3. The van der Waals surface area contributed by atoms with E-state index in [1.165, 1.54) is 6.07 Å². The molecule has 3 aromatic carbocycles. The first-order valence-corrected chi connectivity index (χ1v) is 10.1. The highest BCUT2D eigenvalue weighted by molar-refractivity contribution is 6.29. The number of benzene rings is 3. The minimum atomic E-state index is -4.75. The molecule has 0 saturated heterocycles. The highest BCUT2D eigenvalue weighted by Gasteiger charge is 2.34. The Bertz CT molecular complexity index is 1510. The molecule has 166 valence electrons. The summed E-state index contributed by atoms with van der Waals surface area (Å²) in [5.41, 5.74) is 1.05. The van der Waals surface area contributed by atoms with Gasteiger partial charge in [-0.05, 0) is 59.1 Å². The Labute approximate surface area is 189 Å². The first-order valence-electron chi connectivity index (χ1n) is 9.74. The Balaban J connectivity index is 1.60. The molecule has 2 aromatic heterocycles. The summed E-state index contributed by atoms with van der Waals surface area (Å²) in [6, 6.07) is 17.4. The number of hydrogen-bond acceptors (Lipinski definition) is 4. The lowest BCUT2D eigenvalue weighted by atomic mass is 10.0. The first kappa shape index (κ1) is 21.1. The lowest BCUT2D eigenvalue weighted by Crippen LogP contribution is -2.13. The van der Waals surface area contributed by atoms with Gasteiger partial charge in [0.2, 0.25) is 5.28 Å². The molecule has 33 heavy (non-hydrogen) atoms. The maximum atomic E-state index is 14.1. The van der Waals surface area contributed by atoms with E-state index in [-0.39, 0.29) is 5.28 Å². The lowest BCUT2D eigenvalue weighted by molar-refractivity contribution is -0.139. The largest absolute Gasteiger partial charge is 0.419 e. The van der Waals surface area contributed by atoms with Crippen molar-refractivity contribution >= 4 is 39.8 Å². The van der Waals surface area contributed by atoms with Crippen LogP contribution in [0.1, 0.15) is 5.56 Å². The van der Waals surface area contributed by atoms with E-state index in [1.54, 1.807) is 29.6 Å². The van der Waals surface area contributed by atoms with Crippen LogP contribution in [0.2, 0.25) is 5.28 Å². The maximum absolute atomic E-state index is 14.1. The summed E-state index contributed by atoms with van der Waals surface area (Å²) >= 11 is 6.18. The number of alkyl halides is 3. The van der Waals surface area contributed by atoms with Crippen LogP contribution < -0.4 is 4.90 Å². The molecule has 5 nitrogen and oxygen atoms in total. The van der Waals surface area contributed by atoms with Crippen molar-refractivity contribution < 1.29 is 17.6 Å². The van der Waals surface area contributed by atoms with Gasteiger partial charge in [0, 0.05) is 18.1 Å². The van der Waals surface area contributed by atoms with Crippen molar-refractivity contribution in [3.63, 3.8) is 0 Å². The molecule has 0 spiro atoms. The number of rotatable bonds is 3. The average molecular weight is 472 g/mol. The van der Waals surface area contributed by atoms with E-state index in [9.17, 15) is 17.6 Å². The van der Waals surface area contributed by atoms with Crippen LogP contribution in [0.25, 0.3) is 27.8 Å². The van der Waals surface area contributed by atoms with Gasteiger partial charge in [-0.25, -0.2) is 8.79 Å². The number of para-hydroxylation sites is 1. The fourth-order valence-electron chi connectivity index (χ4n) is 3.75. The second-order valence-corrected chi connectivity index (χ2v) is 7.70. The molecule has 0 fully saturated rings. The Morgan fingerprint density at radius 2 is 1.67 bits per heavy atom. The minimum absolute atomic E-state index is 0.189. The second kappa shape index (κ2) is 7.70. The molecule has 0 saturated carbocycles. The van der Waals surface area contributed by atoms with Crippen molar-refractivity contribution in [3.8, 4) is 11.1 Å². The van der Waals surface area contributed by atoms with E-state index in [1.807, 2.05) is 35.2 Å². The van der Waals surface area contributed by atoms with Crippen LogP contribution >= 0.6 is 11.6 Å². The number of aromatic nitrogens is 4. The van der Waals surface area contributed by atoms with Gasteiger partial charge in [0.05, 0.1) is 11.1 Å². The molecule has 0 N–H and O–H groups in total. The minimum Gasteiger partial charge on any atom is -0.329 e. The number of nitrogens with zero attached hydrogens (tertiary/aromatic N) is 5. The number of hydrogen-bond donors (Lipinski definition) is 0. The molecule has 0 aliphatic heterocycles.